The van der Waals surface area contributed by atoms with Crippen LogP contribution in [0.3, 0.4) is 0 Å². The van der Waals surface area contributed by atoms with Crippen molar-refractivity contribution in [3.63, 3.8) is 0 Å². The van der Waals surface area contributed by atoms with Crippen LogP contribution in [0, 0.1) is 5.92 Å². The van der Waals surface area contributed by atoms with E-state index < -0.39 is 0 Å². The molecular weight excluding hydrogens is 419 g/mol. The second kappa shape index (κ2) is 8.44. The number of aromatic nitrogens is 1. The first kappa shape index (κ1) is 21.0. The predicted molar refractivity (Wildman–Crippen MR) is 124 cm³/mol. The first-order valence-electron chi connectivity index (χ1n) is 10.2. The van der Waals surface area contributed by atoms with Crippen LogP contribution < -0.4 is 5.32 Å². The van der Waals surface area contributed by atoms with Crippen LogP contribution in [0.5, 0.6) is 5.75 Å². The molecule has 1 aromatic heterocycles. The lowest BCUT2D eigenvalue weighted by atomic mass is 9.87. The molecule has 0 spiro atoms. The molecule has 156 valence electrons. The molecule has 3 aromatic rings. The van der Waals surface area contributed by atoms with Gasteiger partial charge in [-0.1, -0.05) is 36.2 Å². The highest BCUT2D eigenvalue weighted by molar-refractivity contribution is 6.37. The van der Waals surface area contributed by atoms with Crippen LogP contribution in [-0.2, 0) is 0 Å². The number of Topliss-reactive ketones (excluding diaryl/α,β-unsaturated/α-hetero) is 1. The molecule has 4 nitrogen and oxygen atoms in total. The number of aromatic hydroxyl groups is 1. The van der Waals surface area contributed by atoms with E-state index in [-0.39, 0.29) is 21.6 Å². The highest BCUT2D eigenvalue weighted by atomic mass is 35.5. The molecule has 4 rings (SSSR count). The molecule has 30 heavy (non-hydrogen) atoms. The van der Waals surface area contributed by atoms with Crippen molar-refractivity contribution >= 4 is 45.6 Å². The van der Waals surface area contributed by atoms with Crippen molar-refractivity contribution in [2.24, 2.45) is 5.92 Å². The number of nitrogens with zero attached hydrogens (tertiary/aromatic N) is 1. The Labute approximate surface area is 186 Å². The SMILES string of the molecule is CC(=O)c1cnc2ccc(-c3cc(Cl)c(O)c(Cl)c3)cc2c1N[C@H]1CC[C@H](C)CC1. The maximum Gasteiger partial charge on any atom is 0.163 e. The molecule has 1 heterocycles. The van der Waals surface area contributed by atoms with Gasteiger partial charge in [0.1, 0.15) is 0 Å². The van der Waals surface area contributed by atoms with Gasteiger partial charge in [-0.05, 0) is 73.9 Å². The number of hydrogen-bond acceptors (Lipinski definition) is 4. The number of nitrogens with one attached hydrogen (secondary N) is 1. The van der Waals surface area contributed by atoms with Gasteiger partial charge < -0.3 is 10.4 Å². The molecule has 0 unspecified atom stereocenters. The minimum Gasteiger partial charge on any atom is -0.505 e. The third-order valence-electron chi connectivity index (χ3n) is 5.96. The largest absolute Gasteiger partial charge is 0.505 e. The summed E-state index contributed by atoms with van der Waals surface area (Å²) in [5.74, 6) is 0.606. The lowest BCUT2D eigenvalue weighted by molar-refractivity contribution is 0.101. The zero-order valence-corrected chi connectivity index (χ0v) is 18.5. The Morgan fingerprint density at radius 3 is 2.37 bits per heavy atom. The lowest BCUT2D eigenvalue weighted by Gasteiger charge is -2.29. The molecule has 6 heteroatoms. The van der Waals surface area contributed by atoms with Gasteiger partial charge in [-0.3, -0.25) is 9.78 Å². The molecule has 1 fully saturated rings. The number of rotatable bonds is 4. The topological polar surface area (TPSA) is 62.2 Å². The van der Waals surface area contributed by atoms with Gasteiger partial charge in [-0.15, -0.1) is 0 Å². The molecule has 1 saturated carbocycles. The molecule has 0 saturated heterocycles. The number of pyridine rings is 1. The van der Waals surface area contributed by atoms with Crippen LogP contribution >= 0.6 is 23.2 Å². The molecule has 0 bridgehead atoms. The Morgan fingerprint density at radius 2 is 1.73 bits per heavy atom. The summed E-state index contributed by atoms with van der Waals surface area (Å²) >= 11 is 12.2. The second-order valence-electron chi connectivity index (χ2n) is 8.22. The highest BCUT2D eigenvalue weighted by Crippen LogP contribution is 2.38. The molecular formula is C24H24Cl2N2O2. The maximum atomic E-state index is 12.3. The Hall–Kier alpha value is -2.30. The van der Waals surface area contributed by atoms with Gasteiger partial charge in [0.2, 0.25) is 0 Å². The highest BCUT2D eigenvalue weighted by Gasteiger charge is 2.21. The van der Waals surface area contributed by atoms with Crippen molar-refractivity contribution in [1.29, 1.82) is 0 Å². The van der Waals surface area contributed by atoms with Gasteiger partial charge in [0.05, 0.1) is 26.8 Å². The summed E-state index contributed by atoms with van der Waals surface area (Å²) in [5.41, 5.74) is 3.92. The fourth-order valence-electron chi connectivity index (χ4n) is 4.14. The van der Waals surface area contributed by atoms with Crippen LogP contribution in [-0.4, -0.2) is 21.9 Å². The normalized spacial score (nSPS) is 19.1. The molecule has 0 radical (unpaired) electrons. The smallest absolute Gasteiger partial charge is 0.163 e. The summed E-state index contributed by atoms with van der Waals surface area (Å²) in [6, 6.07) is 9.57. The number of halogens is 2. The molecule has 1 aliphatic rings. The van der Waals surface area contributed by atoms with E-state index >= 15 is 0 Å². The number of phenols is 1. The number of carbonyl (C=O) groups is 1. The summed E-state index contributed by atoms with van der Waals surface area (Å²) in [6.07, 6.45) is 6.21. The Balaban J connectivity index is 1.82. The monoisotopic (exact) mass is 442 g/mol. The number of ketones is 1. The van der Waals surface area contributed by atoms with Gasteiger partial charge in [0.25, 0.3) is 0 Å². The molecule has 0 atom stereocenters. The third-order valence-corrected chi connectivity index (χ3v) is 6.54. The first-order chi connectivity index (χ1) is 14.3. The maximum absolute atomic E-state index is 12.3. The van der Waals surface area contributed by atoms with Crippen molar-refractivity contribution in [1.82, 2.24) is 4.98 Å². The third kappa shape index (κ3) is 4.12. The molecule has 2 N–H and O–H groups in total. The summed E-state index contributed by atoms with van der Waals surface area (Å²) in [7, 11) is 0. The van der Waals surface area contributed by atoms with E-state index in [1.807, 2.05) is 18.2 Å². The van der Waals surface area contributed by atoms with Gasteiger partial charge in [-0.2, -0.15) is 0 Å². The van der Waals surface area contributed by atoms with Crippen molar-refractivity contribution in [3.05, 3.63) is 52.1 Å². The second-order valence-corrected chi connectivity index (χ2v) is 9.04. The molecule has 1 aliphatic carbocycles. The molecule has 2 aromatic carbocycles. The lowest BCUT2D eigenvalue weighted by Crippen LogP contribution is -2.26. The van der Waals surface area contributed by atoms with Crippen LogP contribution in [0.15, 0.2) is 36.5 Å². The zero-order valence-electron chi connectivity index (χ0n) is 17.0. The van der Waals surface area contributed by atoms with E-state index in [1.54, 1.807) is 25.3 Å². The van der Waals surface area contributed by atoms with Gasteiger partial charge in [0, 0.05) is 17.6 Å². The van der Waals surface area contributed by atoms with Crippen molar-refractivity contribution in [2.75, 3.05) is 5.32 Å². The molecule has 0 aliphatic heterocycles. The van der Waals surface area contributed by atoms with Crippen molar-refractivity contribution in [3.8, 4) is 16.9 Å². The van der Waals surface area contributed by atoms with Crippen LogP contribution in [0.25, 0.3) is 22.0 Å². The van der Waals surface area contributed by atoms with E-state index in [0.29, 0.717) is 11.6 Å². The van der Waals surface area contributed by atoms with Crippen LogP contribution in [0.4, 0.5) is 5.69 Å². The van der Waals surface area contributed by atoms with E-state index in [2.05, 4.69) is 17.2 Å². The fourth-order valence-corrected chi connectivity index (χ4v) is 4.62. The van der Waals surface area contributed by atoms with E-state index in [1.165, 1.54) is 12.8 Å². The first-order valence-corrected chi connectivity index (χ1v) is 11.0. The standard InChI is InChI=1S/C24H24Cl2N2O2/c1-13-3-6-17(7-4-13)28-23-18-9-15(16-10-20(25)24(30)21(26)11-16)5-8-22(18)27-12-19(23)14(2)29/h5,8-13,17,30H,3-4,6-7H2,1-2H3,(H,27,28)/t13-,17-. The summed E-state index contributed by atoms with van der Waals surface area (Å²) in [6.45, 7) is 3.86. The average Bonchev–Trinajstić information content (AvgIpc) is 2.73. The number of anilines is 1. The van der Waals surface area contributed by atoms with E-state index in [4.69, 9.17) is 23.2 Å². The summed E-state index contributed by atoms with van der Waals surface area (Å²) < 4.78 is 0. The van der Waals surface area contributed by atoms with E-state index in [9.17, 15) is 9.90 Å². The Kier molecular flexibility index (Phi) is 5.90. The van der Waals surface area contributed by atoms with Crippen molar-refractivity contribution < 1.29 is 9.90 Å². The number of benzene rings is 2. The zero-order chi connectivity index (χ0) is 21.4. The van der Waals surface area contributed by atoms with E-state index in [0.717, 1.165) is 46.5 Å². The average molecular weight is 443 g/mol. The van der Waals surface area contributed by atoms with Crippen LogP contribution in [0.1, 0.15) is 49.9 Å². The number of fused-ring (bicyclic) bond motifs is 1. The number of carbonyl (C=O) groups excluding carboxylic acids is 1. The van der Waals surface area contributed by atoms with Gasteiger partial charge >= 0.3 is 0 Å². The minimum atomic E-state index is -0.128. The van der Waals surface area contributed by atoms with Crippen molar-refractivity contribution in [2.45, 2.75) is 45.6 Å². The number of phenolic OH excluding ortho intramolecular Hbond substituents is 1. The molecule has 0 amide bonds. The summed E-state index contributed by atoms with van der Waals surface area (Å²) in [5, 5.41) is 14.8. The fraction of sp³-hybridized carbons (Fsp3) is 0.333. The summed E-state index contributed by atoms with van der Waals surface area (Å²) in [4.78, 5) is 16.8. The Morgan fingerprint density at radius 1 is 1.07 bits per heavy atom. The Bertz CT molecular complexity index is 1100. The van der Waals surface area contributed by atoms with Crippen LogP contribution in [0.2, 0.25) is 10.0 Å². The predicted octanol–water partition coefficient (Wildman–Crippen LogP) is 7.11. The van der Waals surface area contributed by atoms with Gasteiger partial charge in [0.15, 0.2) is 11.5 Å². The van der Waals surface area contributed by atoms with Gasteiger partial charge in [-0.25, -0.2) is 0 Å². The minimum absolute atomic E-state index is 0.0165. The quantitative estimate of drug-likeness (QED) is 0.422. The number of hydrogen-bond donors (Lipinski definition) is 2.